The molecule has 3 aromatic rings. The Morgan fingerprint density at radius 2 is 1.69 bits per heavy atom. The number of rotatable bonds is 6. The molecule has 0 radical (unpaired) electrons. The summed E-state index contributed by atoms with van der Waals surface area (Å²) in [5.41, 5.74) is 2.84. The van der Waals surface area contributed by atoms with E-state index in [1.807, 2.05) is 36.4 Å². The van der Waals surface area contributed by atoms with Crippen LogP contribution in [0.3, 0.4) is 0 Å². The molecule has 2 aromatic carbocycles. The average Bonchev–Trinajstić information content (AvgIpc) is 2.65. The van der Waals surface area contributed by atoms with Crippen LogP contribution < -0.4 is 15.1 Å². The summed E-state index contributed by atoms with van der Waals surface area (Å²) in [5, 5.41) is 0.804. The van der Waals surface area contributed by atoms with Gasteiger partial charge in [-0.25, -0.2) is 4.79 Å². The van der Waals surface area contributed by atoms with Crippen molar-refractivity contribution in [1.82, 2.24) is 0 Å². The number of hydrogen-bond acceptors (Lipinski definition) is 4. The van der Waals surface area contributed by atoms with Crippen molar-refractivity contribution in [3.8, 4) is 22.6 Å². The minimum atomic E-state index is -0.377. The Morgan fingerprint density at radius 3 is 2.31 bits per heavy atom. The van der Waals surface area contributed by atoms with Crippen LogP contribution in [-0.2, 0) is 6.42 Å². The molecule has 0 saturated carbocycles. The summed E-state index contributed by atoms with van der Waals surface area (Å²) in [5.74, 6) is 1.84. The van der Waals surface area contributed by atoms with Gasteiger partial charge < -0.3 is 13.9 Å². The molecule has 4 heteroatoms. The van der Waals surface area contributed by atoms with Crippen LogP contribution in [0.2, 0.25) is 0 Å². The van der Waals surface area contributed by atoms with E-state index in [1.165, 1.54) is 6.07 Å². The highest BCUT2D eigenvalue weighted by molar-refractivity contribution is 6.00. The quantitative estimate of drug-likeness (QED) is 0.581. The number of ether oxygens (including phenoxy) is 2. The lowest BCUT2D eigenvalue weighted by molar-refractivity contribution is 0.390. The van der Waals surface area contributed by atoms with E-state index in [4.69, 9.17) is 13.9 Å². The standard InChI is InChI=1S/C22H24O4/c1-14(2)10-11-16-18(24-3)13-19(25-4)21-17(12-20(23)26-22(16)21)15-8-6-5-7-9-15/h5-9,12-14H,10-11H2,1-4H3. The van der Waals surface area contributed by atoms with Crippen molar-refractivity contribution in [1.29, 1.82) is 0 Å². The van der Waals surface area contributed by atoms with Gasteiger partial charge in [-0.1, -0.05) is 44.2 Å². The van der Waals surface area contributed by atoms with Crippen molar-refractivity contribution in [2.75, 3.05) is 14.2 Å². The van der Waals surface area contributed by atoms with Crippen LogP contribution in [0.5, 0.6) is 11.5 Å². The summed E-state index contributed by atoms with van der Waals surface area (Å²) >= 11 is 0. The molecule has 0 aliphatic carbocycles. The highest BCUT2D eigenvalue weighted by atomic mass is 16.5. The summed E-state index contributed by atoms with van der Waals surface area (Å²) in [7, 11) is 3.24. The Morgan fingerprint density at radius 1 is 1.00 bits per heavy atom. The molecule has 0 unspecified atom stereocenters. The molecule has 0 N–H and O–H groups in total. The van der Waals surface area contributed by atoms with Gasteiger partial charge in [0, 0.05) is 23.3 Å². The van der Waals surface area contributed by atoms with Gasteiger partial charge in [0.25, 0.3) is 0 Å². The van der Waals surface area contributed by atoms with Gasteiger partial charge >= 0.3 is 5.63 Å². The van der Waals surface area contributed by atoms with Crippen molar-refractivity contribution in [3.63, 3.8) is 0 Å². The van der Waals surface area contributed by atoms with Crippen LogP contribution in [-0.4, -0.2) is 14.2 Å². The summed E-state index contributed by atoms with van der Waals surface area (Å²) in [4.78, 5) is 12.3. The van der Waals surface area contributed by atoms with Gasteiger partial charge in [0.15, 0.2) is 0 Å². The smallest absolute Gasteiger partial charge is 0.336 e. The molecule has 0 saturated heterocycles. The van der Waals surface area contributed by atoms with Crippen LogP contribution in [0.4, 0.5) is 0 Å². The number of fused-ring (bicyclic) bond motifs is 1. The van der Waals surface area contributed by atoms with Gasteiger partial charge in [-0.05, 0) is 24.3 Å². The van der Waals surface area contributed by atoms with Crippen LogP contribution in [0.25, 0.3) is 22.1 Å². The zero-order valence-electron chi connectivity index (χ0n) is 15.7. The first kappa shape index (κ1) is 18.1. The Kier molecular flexibility index (Phi) is 5.31. The van der Waals surface area contributed by atoms with Gasteiger partial charge in [0.05, 0.1) is 19.6 Å². The van der Waals surface area contributed by atoms with E-state index < -0.39 is 0 Å². The largest absolute Gasteiger partial charge is 0.496 e. The van der Waals surface area contributed by atoms with Crippen LogP contribution >= 0.6 is 0 Å². The van der Waals surface area contributed by atoms with Crippen molar-refractivity contribution in [2.24, 2.45) is 5.92 Å². The van der Waals surface area contributed by atoms with Crippen LogP contribution in [0.15, 0.2) is 51.7 Å². The maximum Gasteiger partial charge on any atom is 0.336 e. The lowest BCUT2D eigenvalue weighted by Crippen LogP contribution is -2.04. The van der Waals surface area contributed by atoms with Gasteiger partial charge in [0.2, 0.25) is 0 Å². The molecule has 0 aliphatic rings. The van der Waals surface area contributed by atoms with Gasteiger partial charge in [-0.15, -0.1) is 0 Å². The number of benzene rings is 2. The first-order valence-electron chi connectivity index (χ1n) is 8.82. The summed E-state index contributed by atoms with van der Waals surface area (Å²) in [6.45, 7) is 4.34. The predicted molar refractivity (Wildman–Crippen MR) is 104 cm³/mol. The fraction of sp³-hybridized carbons (Fsp3) is 0.318. The van der Waals surface area contributed by atoms with E-state index in [1.54, 1.807) is 14.2 Å². The molecular formula is C22H24O4. The van der Waals surface area contributed by atoms with E-state index in [0.717, 1.165) is 34.9 Å². The van der Waals surface area contributed by atoms with Crippen molar-refractivity contribution < 1.29 is 13.9 Å². The fourth-order valence-corrected chi connectivity index (χ4v) is 3.20. The molecule has 0 amide bonds. The second-order valence-electron chi connectivity index (χ2n) is 6.74. The Bertz CT molecular complexity index is 955. The molecule has 0 fully saturated rings. The SMILES string of the molecule is COc1cc(OC)c2c(-c3ccccc3)cc(=O)oc2c1CCC(C)C. The molecule has 3 rings (SSSR count). The molecule has 136 valence electrons. The molecule has 0 aliphatic heterocycles. The zero-order valence-corrected chi connectivity index (χ0v) is 15.7. The number of hydrogen-bond donors (Lipinski definition) is 0. The molecule has 1 aromatic heterocycles. The molecule has 0 atom stereocenters. The monoisotopic (exact) mass is 352 g/mol. The highest BCUT2D eigenvalue weighted by Gasteiger charge is 2.20. The first-order chi connectivity index (χ1) is 12.5. The van der Waals surface area contributed by atoms with E-state index >= 15 is 0 Å². The maximum absolute atomic E-state index is 12.3. The maximum atomic E-state index is 12.3. The summed E-state index contributed by atoms with van der Waals surface area (Å²) in [6, 6.07) is 13.2. The van der Waals surface area contributed by atoms with Gasteiger partial charge in [-0.2, -0.15) is 0 Å². The van der Waals surface area contributed by atoms with Crippen molar-refractivity contribution >= 4 is 11.0 Å². The average molecular weight is 352 g/mol. The Hall–Kier alpha value is -2.75. The lowest BCUT2D eigenvalue weighted by Gasteiger charge is -2.17. The minimum Gasteiger partial charge on any atom is -0.496 e. The third kappa shape index (κ3) is 3.45. The number of aryl methyl sites for hydroxylation is 1. The van der Waals surface area contributed by atoms with E-state index in [9.17, 15) is 4.79 Å². The molecule has 1 heterocycles. The second-order valence-corrected chi connectivity index (χ2v) is 6.74. The molecule has 4 nitrogen and oxygen atoms in total. The third-order valence-corrected chi connectivity index (χ3v) is 4.54. The minimum absolute atomic E-state index is 0.377. The lowest BCUT2D eigenvalue weighted by atomic mass is 9.95. The molecule has 0 spiro atoms. The zero-order chi connectivity index (χ0) is 18.7. The highest BCUT2D eigenvalue weighted by Crippen LogP contribution is 2.41. The fourth-order valence-electron chi connectivity index (χ4n) is 3.20. The van der Waals surface area contributed by atoms with E-state index in [-0.39, 0.29) is 5.63 Å². The molecule has 26 heavy (non-hydrogen) atoms. The summed E-state index contributed by atoms with van der Waals surface area (Å²) in [6.07, 6.45) is 1.74. The Balaban J connectivity index is 2.37. The van der Waals surface area contributed by atoms with Crippen LogP contribution in [0.1, 0.15) is 25.8 Å². The molecule has 0 bridgehead atoms. The molecular weight excluding hydrogens is 328 g/mol. The normalized spacial score (nSPS) is 11.1. The Labute approximate surface area is 153 Å². The third-order valence-electron chi connectivity index (χ3n) is 4.54. The van der Waals surface area contributed by atoms with Crippen molar-refractivity contribution in [3.05, 3.63) is 58.4 Å². The topological polar surface area (TPSA) is 48.7 Å². The number of methoxy groups -OCH3 is 2. The van der Waals surface area contributed by atoms with Crippen molar-refractivity contribution in [2.45, 2.75) is 26.7 Å². The van der Waals surface area contributed by atoms with Gasteiger partial charge in [-0.3, -0.25) is 0 Å². The van der Waals surface area contributed by atoms with E-state index in [2.05, 4.69) is 13.8 Å². The van der Waals surface area contributed by atoms with Gasteiger partial charge in [0.1, 0.15) is 17.1 Å². The van der Waals surface area contributed by atoms with E-state index in [0.29, 0.717) is 23.0 Å². The predicted octanol–water partition coefficient (Wildman–Crippen LogP) is 5.07. The second kappa shape index (κ2) is 7.65. The first-order valence-corrected chi connectivity index (χ1v) is 8.82. The summed E-state index contributed by atoms with van der Waals surface area (Å²) < 4.78 is 16.8. The van der Waals surface area contributed by atoms with Crippen LogP contribution in [0, 0.1) is 5.92 Å².